The number of nitrogens with zero attached hydrogens (tertiary/aromatic N) is 3. The van der Waals surface area contributed by atoms with Crippen LogP contribution in [0.15, 0.2) is 48.5 Å². The van der Waals surface area contributed by atoms with E-state index < -0.39 is 29.3 Å². The summed E-state index contributed by atoms with van der Waals surface area (Å²) in [6.45, 7) is 1.40. The van der Waals surface area contributed by atoms with Crippen molar-refractivity contribution < 1.29 is 19.5 Å². The van der Waals surface area contributed by atoms with Crippen molar-refractivity contribution in [3.63, 3.8) is 0 Å². The van der Waals surface area contributed by atoms with Gasteiger partial charge in [0.05, 0.1) is 24.2 Å². The Morgan fingerprint density at radius 1 is 1.28 bits per heavy atom. The standard InChI is InChI=1S/C23H23N5O4/c1-23-19(16-7-2-3-8-18(16)27(9-10-29)21(23)31)17(20(25)30)13-28(23)22(32)26-15-6-4-5-14(11-15)12-24/h2-8,11,17,19,29H,9-10,13H2,1H3,(H2,25,30)(H,26,32)/t17-,19+,23-/m0/s1. The molecule has 0 saturated carbocycles. The Morgan fingerprint density at radius 3 is 2.72 bits per heavy atom. The van der Waals surface area contributed by atoms with Crippen LogP contribution in [0.1, 0.15) is 24.0 Å². The first kappa shape index (κ1) is 21.3. The molecule has 0 spiro atoms. The Bertz CT molecular complexity index is 1140. The van der Waals surface area contributed by atoms with Gasteiger partial charge in [-0.05, 0) is 36.8 Å². The molecule has 2 aliphatic rings. The monoisotopic (exact) mass is 433 g/mol. The second-order valence-corrected chi connectivity index (χ2v) is 8.11. The van der Waals surface area contributed by atoms with Crippen LogP contribution in [0.5, 0.6) is 0 Å². The predicted molar refractivity (Wildman–Crippen MR) is 117 cm³/mol. The number of primary amides is 1. The highest BCUT2D eigenvalue weighted by molar-refractivity contribution is 6.08. The lowest BCUT2D eigenvalue weighted by atomic mass is 9.72. The minimum absolute atomic E-state index is 0.0344. The minimum atomic E-state index is -1.39. The topological polar surface area (TPSA) is 140 Å². The number of β-amino-alcohol motifs (C(OH)–C–C–N with tert-alkyl or cyclic N) is 1. The van der Waals surface area contributed by atoms with Crippen molar-refractivity contribution in [3.05, 3.63) is 59.7 Å². The number of aliphatic hydroxyl groups is 1. The van der Waals surface area contributed by atoms with Crippen LogP contribution in [0.3, 0.4) is 0 Å². The van der Waals surface area contributed by atoms with Gasteiger partial charge in [-0.3, -0.25) is 9.59 Å². The lowest BCUT2D eigenvalue weighted by molar-refractivity contribution is -0.128. The van der Waals surface area contributed by atoms with Crippen LogP contribution >= 0.6 is 0 Å². The highest BCUT2D eigenvalue weighted by Crippen LogP contribution is 2.52. The maximum absolute atomic E-state index is 13.7. The third kappa shape index (κ3) is 3.16. The summed E-state index contributed by atoms with van der Waals surface area (Å²) in [6.07, 6.45) is 0. The Balaban J connectivity index is 1.79. The number of benzene rings is 2. The molecule has 0 aromatic heterocycles. The Labute approximate surface area is 185 Å². The number of anilines is 2. The molecule has 4 rings (SSSR count). The molecule has 32 heavy (non-hydrogen) atoms. The zero-order valence-electron chi connectivity index (χ0n) is 17.5. The number of hydrogen-bond donors (Lipinski definition) is 3. The van der Waals surface area contributed by atoms with Crippen LogP contribution in [0.2, 0.25) is 0 Å². The summed E-state index contributed by atoms with van der Waals surface area (Å²) in [6, 6.07) is 15.0. The molecule has 2 heterocycles. The number of carbonyl (C=O) groups is 3. The van der Waals surface area contributed by atoms with E-state index in [0.717, 1.165) is 5.56 Å². The van der Waals surface area contributed by atoms with Crippen LogP contribution in [0, 0.1) is 17.2 Å². The third-order valence-electron chi connectivity index (χ3n) is 6.37. The second kappa shape index (κ2) is 7.98. The third-order valence-corrected chi connectivity index (χ3v) is 6.37. The van der Waals surface area contributed by atoms with Crippen LogP contribution in [-0.2, 0) is 9.59 Å². The van der Waals surface area contributed by atoms with Gasteiger partial charge in [0.1, 0.15) is 5.54 Å². The summed E-state index contributed by atoms with van der Waals surface area (Å²) in [4.78, 5) is 42.2. The van der Waals surface area contributed by atoms with Gasteiger partial charge in [-0.25, -0.2) is 4.79 Å². The quantitative estimate of drug-likeness (QED) is 0.668. The van der Waals surface area contributed by atoms with Crippen molar-refractivity contribution in [2.24, 2.45) is 11.7 Å². The molecule has 9 heteroatoms. The molecule has 3 atom stereocenters. The summed E-state index contributed by atoms with van der Waals surface area (Å²) in [5.74, 6) is -2.38. The van der Waals surface area contributed by atoms with Crippen LogP contribution in [0.4, 0.5) is 16.2 Å². The van der Waals surface area contributed by atoms with Gasteiger partial charge in [0.25, 0.3) is 5.91 Å². The normalized spacial score (nSPS) is 23.8. The number of amides is 4. The van der Waals surface area contributed by atoms with Crippen molar-refractivity contribution >= 4 is 29.2 Å². The van der Waals surface area contributed by atoms with E-state index in [1.54, 1.807) is 43.3 Å². The smallest absolute Gasteiger partial charge is 0.322 e. The molecule has 0 bridgehead atoms. The largest absolute Gasteiger partial charge is 0.395 e. The number of carbonyl (C=O) groups excluding carboxylic acids is 3. The van der Waals surface area contributed by atoms with Gasteiger partial charge in [-0.15, -0.1) is 0 Å². The summed E-state index contributed by atoms with van der Waals surface area (Å²) in [5, 5.41) is 21.4. The Hall–Kier alpha value is -3.90. The van der Waals surface area contributed by atoms with Gasteiger partial charge < -0.3 is 26.0 Å². The predicted octanol–water partition coefficient (Wildman–Crippen LogP) is 1.39. The van der Waals surface area contributed by atoms with Gasteiger partial charge in [0, 0.05) is 30.4 Å². The number of aliphatic hydroxyl groups excluding tert-OH is 1. The van der Waals surface area contributed by atoms with E-state index in [0.29, 0.717) is 16.9 Å². The first-order valence-corrected chi connectivity index (χ1v) is 10.2. The van der Waals surface area contributed by atoms with Crippen LogP contribution < -0.4 is 16.0 Å². The fourth-order valence-corrected chi connectivity index (χ4v) is 4.93. The molecule has 1 fully saturated rings. The fourth-order valence-electron chi connectivity index (χ4n) is 4.93. The number of nitrogens with two attached hydrogens (primary N) is 1. The number of likely N-dealkylation sites (tertiary alicyclic amines) is 1. The molecule has 0 unspecified atom stereocenters. The molecular weight excluding hydrogens is 410 g/mol. The van der Waals surface area contributed by atoms with E-state index >= 15 is 0 Å². The number of nitrogens with one attached hydrogen (secondary N) is 1. The second-order valence-electron chi connectivity index (χ2n) is 8.11. The number of urea groups is 1. The van der Waals surface area contributed by atoms with Gasteiger partial charge >= 0.3 is 6.03 Å². The molecule has 4 amide bonds. The molecule has 0 radical (unpaired) electrons. The van der Waals surface area contributed by atoms with Crippen molar-refractivity contribution in [2.75, 3.05) is 29.9 Å². The van der Waals surface area contributed by atoms with Gasteiger partial charge in [0.2, 0.25) is 5.91 Å². The van der Waals surface area contributed by atoms with Crippen molar-refractivity contribution in [2.45, 2.75) is 18.4 Å². The maximum atomic E-state index is 13.7. The molecule has 0 aliphatic carbocycles. The van der Waals surface area contributed by atoms with Crippen molar-refractivity contribution in [1.29, 1.82) is 5.26 Å². The minimum Gasteiger partial charge on any atom is -0.395 e. The number of nitriles is 1. The van der Waals surface area contributed by atoms with E-state index in [1.165, 1.54) is 15.9 Å². The van der Waals surface area contributed by atoms with Crippen LogP contribution in [-0.4, -0.2) is 53.1 Å². The summed E-state index contributed by atoms with van der Waals surface area (Å²) >= 11 is 0. The lowest BCUT2D eigenvalue weighted by Crippen LogP contribution is -2.62. The molecule has 2 aromatic rings. The fraction of sp³-hybridized carbons (Fsp3) is 0.304. The number of para-hydroxylation sites is 1. The Kier molecular flexibility index (Phi) is 5.32. The average Bonchev–Trinajstić information content (AvgIpc) is 3.12. The summed E-state index contributed by atoms with van der Waals surface area (Å²) in [5.41, 5.74) is 6.43. The van der Waals surface area contributed by atoms with E-state index in [1.807, 2.05) is 12.1 Å². The van der Waals surface area contributed by atoms with Gasteiger partial charge in [0.15, 0.2) is 0 Å². The van der Waals surface area contributed by atoms with E-state index in [4.69, 9.17) is 11.0 Å². The number of rotatable bonds is 4. The highest BCUT2D eigenvalue weighted by Gasteiger charge is 2.63. The summed E-state index contributed by atoms with van der Waals surface area (Å²) < 4.78 is 0. The number of hydrogen-bond acceptors (Lipinski definition) is 5. The average molecular weight is 433 g/mol. The molecule has 2 aromatic carbocycles. The molecule has 4 N–H and O–H groups in total. The lowest BCUT2D eigenvalue weighted by Gasteiger charge is -2.46. The Morgan fingerprint density at radius 2 is 2.03 bits per heavy atom. The van der Waals surface area contributed by atoms with Gasteiger partial charge in [-0.2, -0.15) is 5.26 Å². The molecule has 9 nitrogen and oxygen atoms in total. The summed E-state index contributed by atoms with van der Waals surface area (Å²) in [7, 11) is 0. The van der Waals surface area contributed by atoms with Crippen molar-refractivity contribution in [3.8, 4) is 6.07 Å². The zero-order valence-corrected chi connectivity index (χ0v) is 17.5. The molecule has 2 aliphatic heterocycles. The number of fused-ring (bicyclic) bond motifs is 3. The first-order chi connectivity index (χ1) is 15.3. The zero-order chi connectivity index (χ0) is 23.0. The SMILES string of the molecule is C[C@@]12C(=O)N(CCO)c3ccccc3[C@@H]1[C@@H](C(N)=O)CN2C(=O)Nc1cccc(C#N)c1. The van der Waals surface area contributed by atoms with Gasteiger partial charge in [-0.1, -0.05) is 24.3 Å². The maximum Gasteiger partial charge on any atom is 0.322 e. The highest BCUT2D eigenvalue weighted by atomic mass is 16.3. The van der Waals surface area contributed by atoms with Crippen molar-refractivity contribution in [1.82, 2.24) is 4.90 Å². The van der Waals surface area contributed by atoms with E-state index in [9.17, 15) is 19.5 Å². The molecule has 164 valence electrons. The first-order valence-electron chi connectivity index (χ1n) is 10.2. The molecule has 1 saturated heterocycles. The molecular formula is C23H23N5O4. The van der Waals surface area contributed by atoms with E-state index in [2.05, 4.69) is 5.32 Å². The van der Waals surface area contributed by atoms with E-state index in [-0.39, 0.29) is 25.6 Å². The van der Waals surface area contributed by atoms with Crippen LogP contribution in [0.25, 0.3) is 0 Å².